The van der Waals surface area contributed by atoms with Gasteiger partial charge in [-0.15, -0.1) is 0 Å². The highest BCUT2D eigenvalue weighted by Crippen LogP contribution is 2.22. The lowest BCUT2D eigenvalue weighted by molar-refractivity contribution is -0.133. The lowest BCUT2D eigenvalue weighted by Crippen LogP contribution is -2.52. The number of hydrogen-bond acceptors (Lipinski definition) is 4. The predicted octanol–water partition coefficient (Wildman–Crippen LogP) is 0.875. The van der Waals surface area contributed by atoms with Crippen molar-refractivity contribution in [2.24, 2.45) is 0 Å². The first kappa shape index (κ1) is 19.4. The Hall–Kier alpha value is -2.97. The van der Waals surface area contributed by atoms with Gasteiger partial charge in [0.1, 0.15) is 5.75 Å². The van der Waals surface area contributed by atoms with Crippen LogP contribution in [0.25, 0.3) is 0 Å². The van der Waals surface area contributed by atoms with Gasteiger partial charge in [0.05, 0.1) is 12.1 Å². The molecule has 1 heterocycles. The van der Waals surface area contributed by atoms with Crippen LogP contribution in [0.5, 0.6) is 5.75 Å². The van der Waals surface area contributed by atoms with Gasteiger partial charge in [0.15, 0.2) is 0 Å². The van der Waals surface area contributed by atoms with E-state index >= 15 is 0 Å². The minimum atomic E-state index is -3.02. The van der Waals surface area contributed by atoms with Crippen molar-refractivity contribution in [1.82, 2.24) is 15.1 Å². The van der Waals surface area contributed by atoms with Crippen LogP contribution >= 0.6 is 0 Å². The van der Waals surface area contributed by atoms with Crippen molar-refractivity contribution in [3.63, 3.8) is 0 Å². The maximum absolute atomic E-state index is 12.6. The van der Waals surface area contributed by atoms with Crippen molar-refractivity contribution in [2.75, 3.05) is 32.7 Å². The molecule has 0 saturated carbocycles. The molecule has 1 aromatic carbocycles. The molecule has 0 aromatic heterocycles. The van der Waals surface area contributed by atoms with Crippen LogP contribution in [0.15, 0.2) is 36.9 Å². The molecule has 3 amide bonds. The van der Waals surface area contributed by atoms with Gasteiger partial charge in [0.25, 0.3) is 5.91 Å². The number of piperazine rings is 1. The normalized spacial score (nSPS) is 14.1. The zero-order chi connectivity index (χ0) is 19.1. The molecule has 1 aliphatic heterocycles. The first-order valence-corrected chi connectivity index (χ1v) is 7.93. The van der Waals surface area contributed by atoms with E-state index in [0.29, 0.717) is 0 Å². The van der Waals surface area contributed by atoms with E-state index in [1.165, 1.54) is 28.0 Å². The molecule has 2 rings (SSSR count). The molecule has 1 fully saturated rings. The van der Waals surface area contributed by atoms with Crippen LogP contribution in [-0.2, 0) is 9.59 Å². The van der Waals surface area contributed by atoms with Crippen LogP contribution in [0.1, 0.15) is 10.4 Å². The van der Waals surface area contributed by atoms with Crippen LogP contribution in [0.4, 0.5) is 8.78 Å². The molecule has 0 spiro atoms. The molecule has 0 atom stereocenters. The summed E-state index contributed by atoms with van der Waals surface area (Å²) >= 11 is 0. The fourth-order valence-corrected chi connectivity index (χ4v) is 2.52. The van der Waals surface area contributed by atoms with Crippen LogP contribution in [0.3, 0.4) is 0 Å². The molecule has 1 aromatic rings. The van der Waals surface area contributed by atoms with Gasteiger partial charge in [-0.2, -0.15) is 8.78 Å². The Labute approximate surface area is 149 Å². The standard InChI is InChI=1S/C17H19F2N3O4/c1-2-14(23)20-11-15(24)21-7-9-22(10-8-21)16(25)12-5-3-4-6-13(12)26-17(18)19/h2-6,17H,1,7-11H2,(H,20,23). The highest BCUT2D eigenvalue weighted by atomic mass is 19.3. The molecular weight excluding hydrogens is 348 g/mol. The summed E-state index contributed by atoms with van der Waals surface area (Å²) in [4.78, 5) is 38.7. The van der Waals surface area contributed by atoms with Crippen LogP contribution in [0, 0.1) is 0 Å². The Kier molecular flexibility index (Phi) is 6.65. The van der Waals surface area contributed by atoms with Gasteiger partial charge in [0.2, 0.25) is 11.8 Å². The third-order valence-electron chi connectivity index (χ3n) is 3.85. The molecule has 0 bridgehead atoms. The summed E-state index contributed by atoms with van der Waals surface area (Å²) < 4.78 is 29.3. The minimum absolute atomic E-state index is 0.0471. The maximum Gasteiger partial charge on any atom is 0.387 e. The van der Waals surface area contributed by atoms with Gasteiger partial charge in [-0.25, -0.2) is 0 Å². The minimum Gasteiger partial charge on any atom is -0.434 e. The van der Waals surface area contributed by atoms with Crippen LogP contribution in [-0.4, -0.2) is 66.9 Å². The summed E-state index contributed by atoms with van der Waals surface area (Å²) in [5.74, 6) is -1.33. The first-order chi connectivity index (χ1) is 12.4. The summed E-state index contributed by atoms with van der Waals surface area (Å²) in [6, 6.07) is 5.79. The lowest BCUT2D eigenvalue weighted by atomic mass is 10.1. The Balaban J connectivity index is 1.93. The van der Waals surface area contributed by atoms with Gasteiger partial charge in [-0.05, 0) is 18.2 Å². The van der Waals surface area contributed by atoms with E-state index in [-0.39, 0.29) is 49.9 Å². The average molecular weight is 367 g/mol. The van der Waals surface area contributed by atoms with E-state index in [1.54, 1.807) is 6.07 Å². The number of hydrogen-bond donors (Lipinski definition) is 1. The second-order valence-electron chi connectivity index (χ2n) is 5.47. The maximum atomic E-state index is 12.6. The van der Waals surface area contributed by atoms with Gasteiger partial charge >= 0.3 is 6.61 Å². The summed E-state index contributed by atoms with van der Waals surface area (Å²) in [6.45, 7) is 1.20. The molecule has 7 nitrogen and oxygen atoms in total. The zero-order valence-electron chi connectivity index (χ0n) is 14.0. The Morgan fingerprint density at radius 1 is 1.15 bits per heavy atom. The van der Waals surface area contributed by atoms with Crippen molar-refractivity contribution in [2.45, 2.75) is 6.61 Å². The molecule has 0 aliphatic carbocycles. The smallest absolute Gasteiger partial charge is 0.387 e. The number of nitrogens with zero attached hydrogens (tertiary/aromatic N) is 2. The van der Waals surface area contributed by atoms with Gasteiger partial charge < -0.3 is 19.9 Å². The summed E-state index contributed by atoms with van der Waals surface area (Å²) in [5, 5.41) is 2.40. The highest BCUT2D eigenvalue weighted by molar-refractivity contribution is 5.97. The van der Waals surface area contributed by atoms with E-state index in [1.807, 2.05) is 0 Å². The van der Waals surface area contributed by atoms with Crippen molar-refractivity contribution in [1.29, 1.82) is 0 Å². The Bertz CT molecular complexity index is 688. The van der Waals surface area contributed by atoms with E-state index in [2.05, 4.69) is 16.6 Å². The van der Waals surface area contributed by atoms with Crippen LogP contribution < -0.4 is 10.1 Å². The molecular formula is C17H19F2N3O4. The van der Waals surface area contributed by atoms with Crippen molar-refractivity contribution >= 4 is 17.7 Å². The molecule has 0 radical (unpaired) electrons. The summed E-state index contributed by atoms with van der Waals surface area (Å²) in [6.07, 6.45) is 1.07. The number of amides is 3. The third kappa shape index (κ3) is 5.01. The monoisotopic (exact) mass is 367 g/mol. The Morgan fingerprint density at radius 3 is 2.38 bits per heavy atom. The largest absolute Gasteiger partial charge is 0.434 e. The number of carbonyl (C=O) groups excluding carboxylic acids is 3. The molecule has 1 N–H and O–H groups in total. The van der Waals surface area contributed by atoms with Gasteiger partial charge in [0, 0.05) is 26.2 Å². The number of nitrogens with one attached hydrogen (secondary N) is 1. The Morgan fingerprint density at radius 2 is 1.77 bits per heavy atom. The average Bonchev–Trinajstić information content (AvgIpc) is 2.65. The SMILES string of the molecule is C=CC(=O)NCC(=O)N1CCN(C(=O)c2ccccc2OC(F)F)CC1. The predicted molar refractivity (Wildman–Crippen MR) is 88.8 cm³/mol. The number of alkyl halides is 2. The molecule has 1 saturated heterocycles. The summed E-state index contributed by atoms with van der Waals surface area (Å²) in [7, 11) is 0. The molecule has 0 unspecified atom stereocenters. The molecule has 9 heteroatoms. The fraction of sp³-hybridized carbons (Fsp3) is 0.353. The highest BCUT2D eigenvalue weighted by Gasteiger charge is 2.26. The molecule has 1 aliphatic rings. The van der Waals surface area contributed by atoms with E-state index in [0.717, 1.165) is 6.08 Å². The third-order valence-corrected chi connectivity index (χ3v) is 3.85. The number of benzene rings is 1. The summed E-state index contributed by atoms with van der Waals surface area (Å²) in [5.41, 5.74) is 0.0471. The quantitative estimate of drug-likeness (QED) is 0.757. The van der Waals surface area contributed by atoms with Crippen molar-refractivity contribution < 1.29 is 27.9 Å². The molecule has 140 valence electrons. The second-order valence-corrected chi connectivity index (χ2v) is 5.47. The number of halogens is 2. The number of para-hydroxylation sites is 1. The first-order valence-electron chi connectivity index (χ1n) is 7.93. The van der Waals surface area contributed by atoms with E-state index in [4.69, 9.17) is 0 Å². The topological polar surface area (TPSA) is 79.0 Å². The fourth-order valence-electron chi connectivity index (χ4n) is 2.52. The lowest BCUT2D eigenvalue weighted by Gasteiger charge is -2.35. The number of ether oxygens (including phenoxy) is 1. The van der Waals surface area contributed by atoms with Crippen molar-refractivity contribution in [3.05, 3.63) is 42.5 Å². The van der Waals surface area contributed by atoms with Crippen LogP contribution in [0.2, 0.25) is 0 Å². The zero-order valence-corrected chi connectivity index (χ0v) is 14.0. The van der Waals surface area contributed by atoms with Crippen molar-refractivity contribution in [3.8, 4) is 5.75 Å². The van der Waals surface area contributed by atoms with Gasteiger partial charge in [-0.1, -0.05) is 18.7 Å². The second kappa shape index (κ2) is 8.93. The molecule has 26 heavy (non-hydrogen) atoms. The number of rotatable bonds is 6. The van der Waals surface area contributed by atoms with E-state index in [9.17, 15) is 23.2 Å². The number of carbonyl (C=O) groups is 3. The van der Waals surface area contributed by atoms with E-state index < -0.39 is 18.4 Å². The van der Waals surface area contributed by atoms with Gasteiger partial charge in [-0.3, -0.25) is 14.4 Å².